The molecule has 1 aromatic heterocycles. The average Bonchev–Trinajstić information content (AvgIpc) is 2.84. The number of phenols is 1. The molecule has 2 aromatic rings. The van der Waals surface area contributed by atoms with Crippen molar-refractivity contribution in [1.29, 1.82) is 0 Å². The first-order chi connectivity index (χ1) is 8.29. The molecular weight excluding hydrogens is 218 g/mol. The zero-order chi connectivity index (χ0) is 12.1. The third-order valence-electron chi connectivity index (χ3n) is 2.39. The Hall–Kier alpha value is -2.23. The Morgan fingerprint density at radius 2 is 2.06 bits per heavy atom. The van der Waals surface area contributed by atoms with Gasteiger partial charge in [-0.25, -0.2) is 0 Å². The zero-order valence-corrected chi connectivity index (χ0v) is 9.24. The van der Waals surface area contributed by atoms with Gasteiger partial charge in [0, 0.05) is 18.0 Å². The second kappa shape index (κ2) is 5.21. The summed E-state index contributed by atoms with van der Waals surface area (Å²) in [5, 5.41) is 9.59. The first kappa shape index (κ1) is 11.3. The van der Waals surface area contributed by atoms with Crippen molar-refractivity contribution in [2.75, 3.05) is 6.61 Å². The second-order valence-electron chi connectivity index (χ2n) is 3.61. The van der Waals surface area contributed by atoms with Crippen molar-refractivity contribution < 1.29 is 14.6 Å². The Morgan fingerprint density at radius 1 is 1.29 bits per heavy atom. The predicted octanol–water partition coefficient (Wildman–Crippen LogP) is 2.09. The van der Waals surface area contributed by atoms with Crippen LogP contribution in [-0.2, 0) is 6.54 Å². The highest BCUT2D eigenvalue weighted by molar-refractivity contribution is 5.76. The maximum Gasteiger partial charge on any atom is 0.161 e. The SMILES string of the molecule is O=Cc1ccc(OCCn2cccc2)c(O)c1. The molecule has 0 bridgehead atoms. The van der Waals surface area contributed by atoms with Crippen LogP contribution in [0.1, 0.15) is 10.4 Å². The van der Waals surface area contributed by atoms with Gasteiger partial charge in [-0.05, 0) is 30.3 Å². The van der Waals surface area contributed by atoms with Gasteiger partial charge in [0.05, 0.1) is 6.54 Å². The summed E-state index contributed by atoms with van der Waals surface area (Å²) in [5.74, 6) is 0.380. The van der Waals surface area contributed by atoms with Gasteiger partial charge >= 0.3 is 0 Å². The lowest BCUT2D eigenvalue weighted by Crippen LogP contribution is -2.06. The standard InChI is InChI=1S/C13H13NO3/c15-10-11-3-4-13(12(16)9-11)17-8-7-14-5-1-2-6-14/h1-6,9-10,16H,7-8H2. The number of phenolic OH excluding ortho intramolecular Hbond substituents is 1. The molecule has 0 aliphatic carbocycles. The fourth-order valence-corrected chi connectivity index (χ4v) is 1.51. The Bertz CT molecular complexity index is 491. The third-order valence-corrected chi connectivity index (χ3v) is 2.39. The van der Waals surface area contributed by atoms with Gasteiger partial charge in [-0.1, -0.05) is 0 Å². The molecule has 0 amide bonds. The maximum atomic E-state index is 10.5. The summed E-state index contributed by atoms with van der Waals surface area (Å²) in [6.45, 7) is 1.17. The number of hydrogen-bond donors (Lipinski definition) is 1. The summed E-state index contributed by atoms with van der Waals surface area (Å²) in [6.07, 6.45) is 4.57. The van der Waals surface area contributed by atoms with Crippen LogP contribution in [0.15, 0.2) is 42.7 Å². The first-order valence-corrected chi connectivity index (χ1v) is 5.31. The Morgan fingerprint density at radius 3 is 2.71 bits per heavy atom. The highest BCUT2D eigenvalue weighted by Crippen LogP contribution is 2.26. The van der Waals surface area contributed by atoms with Crippen LogP contribution in [0.4, 0.5) is 0 Å². The molecule has 1 heterocycles. The minimum Gasteiger partial charge on any atom is -0.504 e. The van der Waals surface area contributed by atoms with Crippen LogP contribution in [0.2, 0.25) is 0 Å². The molecule has 0 saturated heterocycles. The van der Waals surface area contributed by atoms with E-state index in [2.05, 4.69) is 0 Å². The number of carbonyl (C=O) groups excluding carboxylic acids is 1. The maximum absolute atomic E-state index is 10.5. The van der Waals surface area contributed by atoms with Crippen molar-refractivity contribution >= 4 is 6.29 Å². The molecule has 0 spiro atoms. The molecule has 0 aliphatic heterocycles. The number of hydrogen-bond acceptors (Lipinski definition) is 3. The molecule has 2 rings (SSSR count). The monoisotopic (exact) mass is 231 g/mol. The summed E-state index contributed by atoms with van der Waals surface area (Å²) in [7, 11) is 0. The summed E-state index contributed by atoms with van der Waals surface area (Å²) < 4.78 is 7.41. The van der Waals surface area contributed by atoms with Crippen molar-refractivity contribution in [2.45, 2.75) is 6.54 Å². The van der Waals surface area contributed by atoms with E-state index in [1.54, 1.807) is 12.1 Å². The minimum absolute atomic E-state index is 0.0119. The van der Waals surface area contributed by atoms with E-state index in [4.69, 9.17) is 4.74 Å². The van der Waals surface area contributed by atoms with Gasteiger partial charge in [-0.2, -0.15) is 0 Å². The van der Waals surface area contributed by atoms with E-state index in [9.17, 15) is 9.90 Å². The minimum atomic E-state index is -0.0119. The fraction of sp³-hybridized carbons (Fsp3) is 0.154. The highest BCUT2D eigenvalue weighted by atomic mass is 16.5. The molecule has 0 atom stereocenters. The lowest BCUT2D eigenvalue weighted by atomic mass is 10.2. The summed E-state index contributed by atoms with van der Waals surface area (Å²) in [5.41, 5.74) is 0.431. The van der Waals surface area contributed by atoms with E-state index in [1.165, 1.54) is 6.07 Å². The van der Waals surface area contributed by atoms with Crippen molar-refractivity contribution in [3.8, 4) is 11.5 Å². The van der Waals surface area contributed by atoms with Gasteiger partial charge in [-0.15, -0.1) is 0 Å². The molecule has 0 fully saturated rings. The molecule has 0 aliphatic rings. The fourth-order valence-electron chi connectivity index (χ4n) is 1.51. The normalized spacial score (nSPS) is 10.1. The molecule has 4 heteroatoms. The van der Waals surface area contributed by atoms with Gasteiger partial charge in [-0.3, -0.25) is 4.79 Å². The second-order valence-corrected chi connectivity index (χ2v) is 3.61. The largest absolute Gasteiger partial charge is 0.504 e. The number of benzene rings is 1. The van der Waals surface area contributed by atoms with Gasteiger partial charge in [0.25, 0.3) is 0 Å². The zero-order valence-electron chi connectivity index (χ0n) is 9.24. The lowest BCUT2D eigenvalue weighted by Gasteiger charge is -2.08. The molecule has 1 N–H and O–H groups in total. The number of rotatable bonds is 5. The van der Waals surface area contributed by atoms with Crippen LogP contribution >= 0.6 is 0 Å². The van der Waals surface area contributed by atoms with E-state index < -0.39 is 0 Å². The van der Waals surface area contributed by atoms with E-state index in [1.807, 2.05) is 29.1 Å². The van der Waals surface area contributed by atoms with Crippen LogP contribution < -0.4 is 4.74 Å². The number of aromatic hydroxyl groups is 1. The number of carbonyl (C=O) groups is 1. The van der Waals surface area contributed by atoms with E-state index in [0.29, 0.717) is 30.8 Å². The van der Waals surface area contributed by atoms with Crippen molar-refractivity contribution in [1.82, 2.24) is 4.57 Å². The molecule has 17 heavy (non-hydrogen) atoms. The number of nitrogens with zero attached hydrogens (tertiary/aromatic N) is 1. The summed E-state index contributed by atoms with van der Waals surface area (Å²) in [6, 6.07) is 8.47. The van der Waals surface area contributed by atoms with Crippen LogP contribution in [0.5, 0.6) is 11.5 Å². The summed E-state index contributed by atoms with van der Waals surface area (Å²) >= 11 is 0. The van der Waals surface area contributed by atoms with Crippen molar-refractivity contribution in [3.63, 3.8) is 0 Å². The first-order valence-electron chi connectivity index (χ1n) is 5.31. The average molecular weight is 231 g/mol. The highest BCUT2D eigenvalue weighted by Gasteiger charge is 2.03. The molecule has 0 saturated carbocycles. The molecule has 1 aromatic carbocycles. The molecule has 0 radical (unpaired) electrons. The number of ether oxygens (including phenoxy) is 1. The van der Waals surface area contributed by atoms with Gasteiger partial charge < -0.3 is 14.4 Å². The van der Waals surface area contributed by atoms with E-state index in [-0.39, 0.29) is 5.75 Å². The Labute approximate surface area is 99.1 Å². The smallest absolute Gasteiger partial charge is 0.161 e. The van der Waals surface area contributed by atoms with Crippen LogP contribution in [0.3, 0.4) is 0 Å². The number of aldehydes is 1. The van der Waals surface area contributed by atoms with Gasteiger partial charge in [0.2, 0.25) is 0 Å². The molecule has 88 valence electrons. The van der Waals surface area contributed by atoms with Crippen molar-refractivity contribution in [3.05, 3.63) is 48.3 Å². The number of aromatic nitrogens is 1. The van der Waals surface area contributed by atoms with Crippen LogP contribution in [0.25, 0.3) is 0 Å². The Kier molecular flexibility index (Phi) is 3.45. The van der Waals surface area contributed by atoms with Crippen LogP contribution in [-0.4, -0.2) is 22.6 Å². The van der Waals surface area contributed by atoms with E-state index in [0.717, 1.165) is 0 Å². The molecule has 0 unspecified atom stereocenters. The van der Waals surface area contributed by atoms with Gasteiger partial charge in [0.15, 0.2) is 11.5 Å². The third kappa shape index (κ3) is 2.87. The topological polar surface area (TPSA) is 51.5 Å². The lowest BCUT2D eigenvalue weighted by molar-refractivity contribution is 0.112. The Balaban J connectivity index is 1.92. The predicted molar refractivity (Wildman–Crippen MR) is 63.4 cm³/mol. The molecular formula is C13H13NO3. The quantitative estimate of drug-likeness (QED) is 0.801. The van der Waals surface area contributed by atoms with Gasteiger partial charge in [0.1, 0.15) is 12.9 Å². The van der Waals surface area contributed by atoms with E-state index >= 15 is 0 Å². The molecule has 4 nitrogen and oxygen atoms in total. The summed E-state index contributed by atoms with van der Waals surface area (Å²) in [4.78, 5) is 10.5. The van der Waals surface area contributed by atoms with Crippen molar-refractivity contribution in [2.24, 2.45) is 0 Å². The van der Waals surface area contributed by atoms with Crippen LogP contribution in [0, 0.1) is 0 Å².